The molecule has 0 aliphatic carbocycles. The van der Waals surface area contributed by atoms with Gasteiger partial charge in [-0.3, -0.25) is 4.79 Å². The van der Waals surface area contributed by atoms with Gasteiger partial charge in [0, 0.05) is 12.6 Å². The van der Waals surface area contributed by atoms with Crippen LogP contribution in [-0.4, -0.2) is 25.0 Å². The Balaban J connectivity index is 2.08. The number of carbonyl (C=O) groups is 1. The average Bonchev–Trinajstić information content (AvgIpc) is 2.96. The number of hydrogen-bond donors (Lipinski definition) is 2. The Labute approximate surface area is 117 Å². The minimum Gasteiger partial charge on any atom is -0.352 e. The second kappa shape index (κ2) is 6.38. The van der Waals surface area contributed by atoms with Crippen LogP contribution in [0.15, 0.2) is 0 Å². The van der Waals surface area contributed by atoms with Crippen molar-refractivity contribution in [2.45, 2.75) is 25.3 Å². The Morgan fingerprint density at radius 1 is 1.05 bits per heavy atom. The summed E-state index contributed by atoms with van der Waals surface area (Å²) in [4.78, 5) is 11.6. The van der Waals surface area contributed by atoms with Gasteiger partial charge in [-0.05, 0) is 25.8 Å². The maximum atomic E-state index is 13.4. The first kappa shape index (κ1) is 15.7. The summed E-state index contributed by atoms with van der Waals surface area (Å²) in [5.74, 6) is -12.1. The highest BCUT2D eigenvalue weighted by Gasteiger charge is 2.29. The molecule has 1 aliphatic heterocycles. The third-order valence-corrected chi connectivity index (χ3v) is 3.38. The fraction of sp³-hybridized carbons (Fsp3) is 0.462. The zero-order chi connectivity index (χ0) is 15.6. The van der Waals surface area contributed by atoms with Crippen molar-refractivity contribution in [3.05, 3.63) is 34.6 Å². The molecule has 8 heteroatoms. The molecule has 2 N–H and O–H groups in total. The van der Waals surface area contributed by atoms with E-state index in [1.54, 1.807) is 0 Å². The fourth-order valence-corrected chi connectivity index (χ4v) is 2.26. The predicted molar refractivity (Wildman–Crippen MR) is 64.2 cm³/mol. The minimum absolute atomic E-state index is 0.0794. The summed E-state index contributed by atoms with van der Waals surface area (Å²) in [5, 5.41) is 5.32. The predicted octanol–water partition coefficient (Wildman–Crippen LogP) is 2.25. The molecule has 1 aliphatic rings. The van der Waals surface area contributed by atoms with Crippen LogP contribution < -0.4 is 10.6 Å². The van der Waals surface area contributed by atoms with Gasteiger partial charge in [0.1, 0.15) is 5.56 Å². The molecule has 21 heavy (non-hydrogen) atoms. The Bertz CT molecular complexity index is 529. The molecule has 1 fully saturated rings. The molecule has 1 amide bonds. The van der Waals surface area contributed by atoms with Crippen molar-refractivity contribution in [2.75, 3.05) is 13.1 Å². The van der Waals surface area contributed by atoms with E-state index >= 15 is 0 Å². The smallest absolute Gasteiger partial charge is 0.257 e. The molecule has 0 spiro atoms. The van der Waals surface area contributed by atoms with Gasteiger partial charge in [0.25, 0.3) is 5.91 Å². The van der Waals surface area contributed by atoms with Crippen molar-refractivity contribution in [1.29, 1.82) is 0 Å². The van der Waals surface area contributed by atoms with E-state index in [1.807, 2.05) is 0 Å². The molecule has 116 valence electrons. The van der Waals surface area contributed by atoms with E-state index in [0.29, 0.717) is 6.42 Å². The van der Waals surface area contributed by atoms with Crippen LogP contribution in [-0.2, 0) is 0 Å². The summed E-state index contributed by atoms with van der Waals surface area (Å²) < 4.78 is 65.6. The van der Waals surface area contributed by atoms with Crippen LogP contribution in [0.25, 0.3) is 0 Å². The van der Waals surface area contributed by atoms with Gasteiger partial charge in [-0.15, -0.1) is 0 Å². The lowest BCUT2D eigenvalue weighted by molar-refractivity contribution is 0.0940. The lowest BCUT2D eigenvalue weighted by Gasteiger charge is -2.12. The van der Waals surface area contributed by atoms with Crippen molar-refractivity contribution >= 4 is 5.91 Å². The number of rotatable bonds is 4. The van der Waals surface area contributed by atoms with Crippen LogP contribution in [0.5, 0.6) is 0 Å². The number of nitrogens with one attached hydrogen (secondary N) is 2. The molecule has 2 rings (SSSR count). The summed E-state index contributed by atoms with van der Waals surface area (Å²) in [6, 6.07) is 0.182. The van der Waals surface area contributed by atoms with E-state index in [2.05, 4.69) is 10.6 Å². The summed E-state index contributed by atoms with van der Waals surface area (Å²) in [7, 11) is 0. The van der Waals surface area contributed by atoms with Crippen molar-refractivity contribution in [3.63, 3.8) is 0 Å². The SMILES string of the molecule is O=C(NCC[C@H]1CCCN1)c1c(F)c(F)c(F)c(F)c1F. The Kier molecular flexibility index (Phi) is 4.76. The first-order valence-electron chi connectivity index (χ1n) is 6.46. The number of hydrogen-bond acceptors (Lipinski definition) is 2. The zero-order valence-electron chi connectivity index (χ0n) is 10.9. The van der Waals surface area contributed by atoms with Gasteiger partial charge in [-0.1, -0.05) is 0 Å². The van der Waals surface area contributed by atoms with Gasteiger partial charge in [-0.25, -0.2) is 22.0 Å². The summed E-state index contributed by atoms with van der Waals surface area (Å²) in [6.07, 6.45) is 2.43. The van der Waals surface area contributed by atoms with Crippen LogP contribution in [0, 0.1) is 29.1 Å². The summed E-state index contributed by atoms with van der Waals surface area (Å²) in [6.45, 7) is 0.937. The highest BCUT2D eigenvalue weighted by molar-refractivity contribution is 5.94. The van der Waals surface area contributed by atoms with E-state index in [1.165, 1.54) is 0 Å². The van der Waals surface area contributed by atoms with Crippen LogP contribution in [0.4, 0.5) is 22.0 Å². The highest BCUT2D eigenvalue weighted by atomic mass is 19.2. The third kappa shape index (κ3) is 3.15. The average molecular weight is 308 g/mol. The monoisotopic (exact) mass is 308 g/mol. The number of amides is 1. The van der Waals surface area contributed by atoms with Crippen molar-refractivity contribution in [3.8, 4) is 0 Å². The Morgan fingerprint density at radius 3 is 2.14 bits per heavy atom. The van der Waals surface area contributed by atoms with Crippen LogP contribution in [0.1, 0.15) is 29.6 Å². The normalized spacial score (nSPS) is 18.0. The van der Waals surface area contributed by atoms with Crippen LogP contribution >= 0.6 is 0 Å². The molecule has 1 aromatic carbocycles. The molecule has 0 saturated carbocycles. The lowest BCUT2D eigenvalue weighted by Crippen LogP contribution is -2.32. The quantitative estimate of drug-likeness (QED) is 0.509. The lowest BCUT2D eigenvalue weighted by atomic mass is 10.1. The van der Waals surface area contributed by atoms with Crippen molar-refractivity contribution in [2.24, 2.45) is 0 Å². The van der Waals surface area contributed by atoms with Crippen LogP contribution in [0.3, 0.4) is 0 Å². The standard InChI is InChI=1S/C13H13F5N2O/c14-8-7(9(15)11(17)12(18)10(8)16)13(21)20-5-3-6-2-1-4-19-6/h6,19H,1-5H2,(H,20,21)/t6-/m1/s1. The molecular weight excluding hydrogens is 295 g/mol. The maximum absolute atomic E-state index is 13.4. The molecule has 1 atom stereocenters. The number of benzene rings is 1. The van der Waals surface area contributed by atoms with Crippen molar-refractivity contribution in [1.82, 2.24) is 10.6 Å². The van der Waals surface area contributed by atoms with E-state index in [4.69, 9.17) is 0 Å². The first-order valence-corrected chi connectivity index (χ1v) is 6.46. The summed E-state index contributed by atoms with van der Waals surface area (Å²) in [5.41, 5.74) is -1.45. The summed E-state index contributed by atoms with van der Waals surface area (Å²) >= 11 is 0. The van der Waals surface area contributed by atoms with E-state index in [-0.39, 0.29) is 12.6 Å². The molecule has 1 aromatic rings. The van der Waals surface area contributed by atoms with E-state index < -0.39 is 40.6 Å². The number of carbonyl (C=O) groups excluding carboxylic acids is 1. The molecule has 0 bridgehead atoms. The Hall–Kier alpha value is -1.70. The largest absolute Gasteiger partial charge is 0.352 e. The Morgan fingerprint density at radius 2 is 1.62 bits per heavy atom. The van der Waals surface area contributed by atoms with Crippen molar-refractivity contribution < 1.29 is 26.7 Å². The molecular formula is C13H13F5N2O. The van der Waals surface area contributed by atoms with Gasteiger partial charge in [-0.2, -0.15) is 0 Å². The topological polar surface area (TPSA) is 41.1 Å². The second-order valence-corrected chi connectivity index (χ2v) is 4.78. The van der Waals surface area contributed by atoms with E-state index in [9.17, 15) is 26.7 Å². The maximum Gasteiger partial charge on any atom is 0.257 e. The van der Waals surface area contributed by atoms with E-state index in [0.717, 1.165) is 19.4 Å². The minimum atomic E-state index is -2.28. The zero-order valence-corrected chi connectivity index (χ0v) is 10.9. The fourth-order valence-electron chi connectivity index (χ4n) is 2.26. The number of halogens is 5. The van der Waals surface area contributed by atoms with Crippen LogP contribution in [0.2, 0.25) is 0 Å². The second-order valence-electron chi connectivity index (χ2n) is 4.78. The molecule has 0 unspecified atom stereocenters. The van der Waals surface area contributed by atoms with Gasteiger partial charge in [0.15, 0.2) is 23.3 Å². The molecule has 0 radical (unpaired) electrons. The highest BCUT2D eigenvalue weighted by Crippen LogP contribution is 2.22. The molecule has 1 heterocycles. The van der Waals surface area contributed by atoms with Gasteiger partial charge in [0.2, 0.25) is 5.82 Å². The third-order valence-electron chi connectivity index (χ3n) is 3.38. The first-order chi connectivity index (χ1) is 9.93. The van der Waals surface area contributed by atoms with Gasteiger partial charge in [0.05, 0.1) is 0 Å². The van der Waals surface area contributed by atoms with Gasteiger partial charge >= 0.3 is 0 Å². The molecule has 3 nitrogen and oxygen atoms in total. The molecule has 1 saturated heterocycles. The van der Waals surface area contributed by atoms with Gasteiger partial charge < -0.3 is 10.6 Å². The molecule has 0 aromatic heterocycles.